The highest BCUT2D eigenvalue weighted by Crippen LogP contribution is 2.70. The van der Waals surface area contributed by atoms with Crippen molar-refractivity contribution in [3.05, 3.63) is 71.8 Å². The number of Topliss-reactive ketones (excluding diaryl/α,β-unsaturated/α-hetero) is 1. The highest BCUT2D eigenvalue weighted by Gasteiger charge is 2.82. The van der Waals surface area contributed by atoms with Crippen LogP contribution in [0, 0.1) is 0 Å². The Labute approximate surface area is 214 Å². The summed E-state index contributed by atoms with van der Waals surface area (Å²) < 4.78 is 14.9. The molecule has 5 atom stereocenters. The first kappa shape index (κ1) is 23.7. The molecule has 0 radical (unpaired) electrons. The molecule has 1 spiro atoms. The molecule has 1 saturated carbocycles. The minimum absolute atomic E-state index is 0.132. The van der Waals surface area contributed by atoms with Gasteiger partial charge in [0.25, 0.3) is 0 Å². The van der Waals surface area contributed by atoms with Gasteiger partial charge in [0.05, 0.1) is 25.6 Å². The molecule has 4 aliphatic rings. The van der Waals surface area contributed by atoms with Crippen LogP contribution in [0.4, 0.5) is 0 Å². The largest absolute Gasteiger partial charge is 0.504 e. The number of likely N-dealkylation sites (N-methyl/N-ethyl adjacent to an activating group) is 1. The van der Waals surface area contributed by atoms with Crippen LogP contribution in [-0.2, 0) is 27.8 Å². The summed E-state index contributed by atoms with van der Waals surface area (Å²) in [6, 6.07) is 14.2. The predicted molar refractivity (Wildman–Crippen MR) is 139 cm³/mol. The molecule has 2 aliphatic carbocycles. The number of benzene rings is 2. The lowest BCUT2D eigenvalue weighted by Crippen LogP contribution is -2.84. The van der Waals surface area contributed by atoms with E-state index in [9.17, 15) is 9.90 Å². The van der Waals surface area contributed by atoms with Gasteiger partial charge in [-0.3, -0.25) is 4.79 Å². The predicted octanol–water partition coefficient (Wildman–Crippen LogP) is 4.88. The second kappa shape index (κ2) is 8.19. The van der Waals surface area contributed by atoms with E-state index < -0.39 is 16.6 Å². The molecule has 5 nitrogen and oxygen atoms in total. The smallest absolute Gasteiger partial charge is 0.184 e. The number of hydrogen-bond acceptors (Lipinski definition) is 4. The van der Waals surface area contributed by atoms with E-state index in [2.05, 4.69) is 38.7 Å². The van der Waals surface area contributed by atoms with Crippen molar-refractivity contribution in [2.24, 2.45) is 0 Å². The molecule has 3 unspecified atom stereocenters. The molecule has 1 N–H and O–H groups in total. The van der Waals surface area contributed by atoms with Crippen molar-refractivity contribution in [2.75, 3.05) is 26.7 Å². The third-order valence-electron chi connectivity index (χ3n) is 9.91. The topological polar surface area (TPSA) is 55.8 Å². The number of unbranched alkanes of at least 4 members (excludes halogenated alkanes) is 1. The van der Waals surface area contributed by atoms with Crippen LogP contribution in [0.1, 0.15) is 55.7 Å². The van der Waals surface area contributed by atoms with E-state index in [1.165, 1.54) is 5.56 Å². The number of likely N-dealkylation sites (tertiary alicyclic amines) is 1. The first-order chi connectivity index (χ1) is 17.4. The van der Waals surface area contributed by atoms with E-state index in [0.717, 1.165) is 54.4 Å². The van der Waals surface area contributed by atoms with Crippen LogP contribution in [0.3, 0.4) is 0 Å². The highest BCUT2D eigenvalue weighted by atomic mass is 16.5. The molecule has 0 amide bonds. The number of carbonyl (C=O) groups excluding carboxylic acids is 1. The zero-order chi connectivity index (χ0) is 25.2. The van der Waals surface area contributed by atoms with E-state index in [1.54, 1.807) is 6.07 Å². The third kappa shape index (κ3) is 2.82. The van der Waals surface area contributed by atoms with E-state index in [1.807, 2.05) is 24.3 Å². The monoisotopic (exact) mass is 488 g/mol. The maximum atomic E-state index is 14.2. The van der Waals surface area contributed by atoms with Crippen LogP contribution in [-0.4, -0.2) is 59.4 Å². The number of ether oxygens (including phenoxy) is 2. The number of phenolic OH excluding ortho intramolecular Hbond substituents is 1. The Bertz CT molecular complexity index is 1210. The van der Waals surface area contributed by atoms with Crippen LogP contribution in [0.5, 0.6) is 11.5 Å². The fraction of sp³-hybridized carbons (Fsp3) is 0.516. The van der Waals surface area contributed by atoms with Gasteiger partial charge in [0.1, 0.15) is 11.6 Å². The van der Waals surface area contributed by atoms with E-state index >= 15 is 0 Å². The Morgan fingerprint density at radius 2 is 2.03 bits per heavy atom. The molecule has 5 heteroatoms. The highest BCUT2D eigenvalue weighted by molar-refractivity contribution is 5.94. The summed E-state index contributed by atoms with van der Waals surface area (Å²) in [5.74, 6) is 0.788. The molecule has 2 aromatic rings. The lowest BCUT2D eigenvalue weighted by molar-refractivity contribution is -0.944. The van der Waals surface area contributed by atoms with Crippen LogP contribution in [0.15, 0.2) is 55.1 Å². The van der Waals surface area contributed by atoms with Crippen molar-refractivity contribution >= 4 is 5.78 Å². The quantitative estimate of drug-likeness (QED) is 0.327. The number of quaternary nitrogens is 1. The van der Waals surface area contributed by atoms with Crippen LogP contribution >= 0.6 is 0 Å². The van der Waals surface area contributed by atoms with Gasteiger partial charge in [0.2, 0.25) is 0 Å². The second-order valence-corrected chi connectivity index (χ2v) is 11.6. The van der Waals surface area contributed by atoms with Crippen LogP contribution in [0.25, 0.3) is 0 Å². The van der Waals surface area contributed by atoms with E-state index in [-0.39, 0.29) is 17.6 Å². The number of aromatic hydroxyl groups is 1. The first-order valence-electron chi connectivity index (χ1n) is 13.6. The Kier molecular flexibility index (Phi) is 5.40. The van der Waals surface area contributed by atoms with Crippen molar-refractivity contribution in [1.82, 2.24) is 0 Å². The number of carbonyl (C=O) groups is 1. The number of nitrogens with zero attached hydrogens (tertiary/aromatic N) is 1. The molecule has 0 aromatic heterocycles. The van der Waals surface area contributed by atoms with Gasteiger partial charge in [0, 0.05) is 37.9 Å². The summed E-state index contributed by atoms with van der Waals surface area (Å²) in [5.41, 5.74) is 1.04. The molecular formula is C31H38NO4+. The summed E-state index contributed by atoms with van der Waals surface area (Å²) in [4.78, 5) is 14.2. The maximum absolute atomic E-state index is 14.2. The fourth-order valence-corrected chi connectivity index (χ4v) is 8.42. The fourth-order valence-electron chi connectivity index (χ4n) is 8.42. The lowest BCUT2D eigenvalue weighted by Gasteiger charge is -2.68. The SMILES string of the molecule is C=CC[N@+]1(C)CC[C@]23c4c5ccc(O)c4OC2(Cc2ccccc2)C(=O)CCC3(OCCCC)C1C5. The summed E-state index contributed by atoms with van der Waals surface area (Å²) in [7, 11) is 2.33. The standard InChI is InChI=1S/C31H37NO4/c1-4-6-19-35-30-15-14-26(34)31(21-22-10-8-7-9-11-22)29(30)16-18-32(3,17-5-2)25(30)20-23-12-13-24(33)28(36-31)27(23)29/h5,7-13,25H,2,4,6,14-21H2,1,3H3/p+1/t25?,29-,30?,31?,32-/m1/s1. The number of piperidine rings is 1. The molecule has 2 bridgehead atoms. The lowest BCUT2D eigenvalue weighted by atomic mass is 9.43. The Balaban J connectivity index is 1.65. The minimum Gasteiger partial charge on any atom is -0.504 e. The van der Waals surface area contributed by atoms with Crippen LogP contribution < -0.4 is 4.74 Å². The molecule has 36 heavy (non-hydrogen) atoms. The number of rotatable bonds is 8. The van der Waals surface area contributed by atoms with Crippen molar-refractivity contribution in [3.63, 3.8) is 0 Å². The molecular weight excluding hydrogens is 450 g/mol. The van der Waals surface area contributed by atoms with Crippen molar-refractivity contribution < 1.29 is 23.9 Å². The average molecular weight is 489 g/mol. The second-order valence-electron chi connectivity index (χ2n) is 11.6. The molecule has 2 aromatic carbocycles. The Morgan fingerprint density at radius 1 is 1.22 bits per heavy atom. The summed E-state index contributed by atoms with van der Waals surface area (Å²) in [5, 5.41) is 11.1. The Hall–Kier alpha value is -2.63. The maximum Gasteiger partial charge on any atom is 0.184 e. The van der Waals surface area contributed by atoms with Gasteiger partial charge in [-0.15, -0.1) is 0 Å². The van der Waals surface area contributed by atoms with Gasteiger partial charge < -0.3 is 19.1 Å². The number of ketones is 1. The van der Waals surface area contributed by atoms with Gasteiger partial charge in [0.15, 0.2) is 22.9 Å². The zero-order valence-electron chi connectivity index (χ0n) is 21.6. The minimum atomic E-state index is -1.09. The third-order valence-corrected chi connectivity index (χ3v) is 9.91. The summed E-state index contributed by atoms with van der Waals surface area (Å²) in [6.07, 6.45) is 7.30. The molecule has 190 valence electrons. The van der Waals surface area contributed by atoms with Crippen molar-refractivity contribution in [3.8, 4) is 11.5 Å². The normalized spacial score (nSPS) is 35.7. The number of phenols is 1. The van der Waals surface area contributed by atoms with Gasteiger partial charge in [-0.1, -0.05) is 56.3 Å². The van der Waals surface area contributed by atoms with Gasteiger partial charge in [-0.05, 0) is 36.1 Å². The van der Waals surface area contributed by atoms with Crippen molar-refractivity contribution in [1.29, 1.82) is 0 Å². The molecule has 1 saturated heterocycles. The van der Waals surface area contributed by atoms with E-state index in [4.69, 9.17) is 9.47 Å². The van der Waals surface area contributed by atoms with Crippen molar-refractivity contribution in [2.45, 2.75) is 74.5 Å². The van der Waals surface area contributed by atoms with Gasteiger partial charge >= 0.3 is 0 Å². The molecule has 2 fully saturated rings. The van der Waals surface area contributed by atoms with Crippen LogP contribution in [0.2, 0.25) is 0 Å². The first-order valence-corrected chi connectivity index (χ1v) is 13.6. The average Bonchev–Trinajstić information content (AvgIpc) is 3.18. The zero-order valence-corrected chi connectivity index (χ0v) is 21.6. The van der Waals surface area contributed by atoms with E-state index in [0.29, 0.717) is 31.6 Å². The number of hydrogen-bond donors (Lipinski definition) is 1. The summed E-state index contributed by atoms with van der Waals surface area (Å²) in [6.45, 7) is 8.73. The molecule has 6 rings (SSSR count). The van der Waals surface area contributed by atoms with Gasteiger partial charge in [-0.25, -0.2) is 0 Å². The molecule has 2 aliphatic heterocycles. The molecule has 2 heterocycles. The summed E-state index contributed by atoms with van der Waals surface area (Å²) >= 11 is 0. The van der Waals surface area contributed by atoms with Gasteiger partial charge in [-0.2, -0.15) is 0 Å². The Morgan fingerprint density at radius 3 is 2.78 bits per heavy atom.